The lowest BCUT2D eigenvalue weighted by Gasteiger charge is -2.34. The second-order valence-electron chi connectivity index (χ2n) is 5.31. The highest BCUT2D eigenvalue weighted by Crippen LogP contribution is 2.33. The van der Waals surface area contributed by atoms with Gasteiger partial charge in [-0.15, -0.1) is 22.9 Å². The van der Waals surface area contributed by atoms with Crippen molar-refractivity contribution in [1.82, 2.24) is 19.9 Å². The third-order valence-corrected chi connectivity index (χ3v) is 4.74. The van der Waals surface area contributed by atoms with Crippen LogP contribution in [0.15, 0.2) is 23.8 Å². The molecular formula is C15H18ClN5OS. The maximum Gasteiger partial charge on any atom is 0.228 e. The molecule has 6 nitrogen and oxygen atoms in total. The highest BCUT2D eigenvalue weighted by molar-refractivity contribution is 7.13. The normalized spacial score (nSPS) is 18.0. The van der Waals surface area contributed by atoms with Gasteiger partial charge in [0.05, 0.1) is 11.7 Å². The quantitative estimate of drug-likeness (QED) is 0.836. The number of nitrogens with zero attached hydrogens (tertiary/aromatic N) is 4. The lowest BCUT2D eigenvalue weighted by Crippen LogP contribution is -2.38. The van der Waals surface area contributed by atoms with Gasteiger partial charge in [-0.1, -0.05) is 0 Å². The first-order valence-electron chi connectivity index (χ1n) is 7.63. The van der Waals surface area contributed by atoms with Crippen LogP contribution >= 0.6 is 22.9 Å². The molecule has 1 amide bonds. The molecule has 23 heavy (non-hydrogen) atoms. The molecule has 0 bridgehead atoms. The number of piperidine rings is 1. The molecule has 0 radical (unpaired) electrons. The Bertz CT molecular complexity index is 650. The molecular weight excluding hydrogens is 334 g/mol. The first-order valence-corrected chi connectivity index (χ1v) is 9.04. The van der Waals surface area contributed by atoms with Crippen LogP contribution in [-0.2, 0) is 4.79 Å². The molecule has 1 saturated heterocycles. The fourth-order valence-corrected chi connectivity index (χ4v) is 3.63. The van der Waals surface area contributed by atoms with Crippen molar-refractivity contribution >= 4 is 39.9 Å². The minimum Gasteiger partial charge on any atom is -0.334 e. The number of hydrogen-bond donors (Lipinski definition) is 1. The Morgan fingerprint density at radius 2 is 2.22 bits per heavy atom. The maximum atomic E-state index is 12.3. The van der Waals surface area contributed by atoms with Gasteiger partial charge in [-0.25, -0.2) is 15.0 Å². The molecule has 8 heteroatoms. The summed E-state index contributed by atoms with van der Waals surface area (Å²) in [6.07, 6.45) is 6.83. The van der Waals surface area contributed by atoms with Gasteiger partial charge in [0.25, 0.3) is 0 Å². The van der Waals surface area contributed by atoms with Crippen molar-refractivity contribution in [2.75, 3.05) is 17.7 Å². The lowest BCUT2D eigenvalue weighted by molar-refractivity contribution is -0.134. The highest BCUT2D eigenvalue weighted by atomic mass is 35.5. The van der Waals surface area contributed by atoms with Crippen LogP contribution in [0.3, 0.4) is 0 Å². The number of likely N-dealkylation sites (tertiary alicyclic amines) is 1. The zero-order valence-electron chi connectivity index (χ0n) is 12.6. The predicted octanol–water partition coefficient (Wildman–Crippen LogP) is 3.36. The van der Waals surface area contributed by atoms with Crippen molar-refractivity contribution < 1.29 is 4.79 Å². The third-order valence-electron chi connectivity index (χ3n) is 3.78. The number of anilines is 2. The number of halogens is 1. The zero-order chi connectivity index (χ0) is 16.1. The molecule has 1 unspecified atom stereocenters. The molecule has 0 saturated carbocycles. The van der Waals surface area contributed by atoms with E-state index in [-0.39, 0.29) is 11.9 Å². The van der Waals surface area contributed by atoms with Gasteiger partial charge in [0.2, 0.25) is 11.9 Å². The van der Waals surface area contributed by atoms with E-state index in [1.54, 1.807) is 18.5 Å². The van der Waals surface area contributed by atoms with Crippen LogP contribution in [0.4, 0.5) is 11.1 Å². The first-order chi connectivity index (χ1) is 11.3. The molecule has 1 N–H and O–H groups in total. The van der Waals surface area contributed by atoms with E-state index < -0.39 is 0 Å². The van der Waals surface area contributed by atoms with Crippen molar-refractivity contribution in [3.8, 4) is 0 Å². The SMILES string of the molecule is O=C(CCCl)N1CCCCC1c1csc(Nc2ncccn2)n1. The number of alkyl halides is 1. The monoisotopic (exact) mass is 351 g/mol. The summed E-state index contributed by atoms with van der Waals surface area (Å²) in [7, 11) is 0. The summed E-state index contributed by atoms with van der Waals surface area (Å²) < 4.78 is 0. The smallest absolute Gasteiger partial charge is 0.228 e. The van der Waals surface area contributed by atoms with Gasteiger partial charge in [-0.05, 0) is 25.3 Å². The molecule has 2 aromatic rings. The Hall–Kier alpha value is -1.73. The van der Waals surface area contributed by atoms with Crippen molar-refractivity contribution in [2.45, 2.75) is 31.7 Å². The van der Waals surface area contributed by atoms with Crippen molar-refractivity contribution in [3.63, 3.8) is 0 Å². The standard InChI is InChI=1S/C15H18ClN5OS/c16-6-5-13(22)21-9-2-1-4-12(21)11-10-23-15(19-11)20-14-17-7-3-8-18-14/h3,7-8,10,12H,1-2,4-6,9H2,(H,17,18,19,20). The van der Waals surface area contributed by atoms with E-state index in [1.807, 2.05) is 10.3 Å². The first kappa shape index (κ1) is 16.1. The van der Waals surface area contributed by atoms with Crippen LogP contribution in [-0.4, -0.2) is 38.2 Å². The van der Waals surface area contributed by atoms with Gasteiger partial charge >= 0.3 is 0 Å². The predicted molar refractivity (Wildman–Crippen MR) is 91.1 cm³/mol. The summed E-state index contributed by atoms with van der Waals surface area (Å²) in [6, 6.07) is 1.81. The Kier molecular flexibility index (Phi) is 5.40. The van der Waals surface area contributed by atoms with E-state index in [1.165, 1.54) is 11.3 Å². The number of amides is 1. The van der Waals surface area contributed by atoms with Gasteiger partial charge < -0.3 is 10.2 Å². The molecule has 0 aromatic carbocycles. The van der Waals surface area contributed by atoms with E-state index in [9.17, 15) is 4.79 Å². The summed E-state index contributed by atoms with van der Waals surface area (Å²) in [5.74, 6) is 0.989. The molecule has 2 aromatic heterocycles. The van der Waals surface area contributed by atoms with Crippen LogP contribution in [0, 0.1) is 0 Å². The Morgan fingerprint density at radius 3 is 3.00 bits per heavy atom. The number of hydrogen-bond acceptors (Lipinski definition) is 6. The number of carbonyl (C=O) groups excluding carboxylic acids is 1. The van der Waals surface area contributed by atoms with Crippen LogP contribution < -0.4 is 5.32 Å². The van der Waals surface area contributed by atoms with Crippen molar-refractivity contribution in [1.29, 1.82) is 0 Å². The topological polar surface area (TPSA) is 71.0 Å². The average molecular weight is 352 g/mol. The Labute approximate surface area is 143 Å². The highest BCUT2D eigenvalue weighted by Gasteiger charge is 2.29. The summed E-state index contributed by atoms with van der Waals surface area (Å²) in [5.41, 5.74) is 0.927. The van der Waals surface area contributed by atoms with Crippen LogP contribution in [0.5, 0.6) is 0 Å². The summed E-state index contributed by atoms with van der Waals surface area (Å²) in [4.78, 5) is 27.1. The molecule has 122 valence electrons. The number of nitrogens with one attached hydrogen (secondary N) is 1. The average Bonchev–Trinajstić information content (AvgIpc) is 3.04. The van der Waals surface area contributed by atoms with E-state index >= 15 is 0 Å². The maximum absolute atomic E-state index is 12.3. The molecule has 1 fully saturated rings. The van der Waals surface area contributed by atoms with Crippen molar-refractivity contribution in [3.05, 3.63) is 29.5 Å². The molecule has 1 atom stereocenters. The molecule has 3 rings (SSSR count). The van der Waals surface area contributed by atoms with E-state index in [0.29, 0.717) is 18.2 Å². The summed E-state index contributed by atoms with van der Waals surface area (Å²) in [5, 5.41) is 5.83. The molecule has 1 aliphatic heterocycles. The third kappa shape index (κ3) is 3.97. The summed E-state index contributed by atoms with van der Waals surface area (Å²) >= 11 is 7.22. The second kappa shape index (κ2) is 7.70. The van der Waals surface area contributed by atoms with Crippen molar-refractivity contribution in [2.24, 2.45) is 0 Å². The van der Waals surface area contributed by atoms with Gasteiger partial charge in [0, 0.05) is 36.6 Å². The molecule has 0 spiro atoms. The second-order valence-corrected chi connectivity index (χ2v) is 6.55. The summed E-state index contributed by atoms with van der Waals surface area (Å²) in [6.45, 7) is 0.780. The fraction of sp³-hybridized carbons (Fsp3) is 0.467. The Balaban J connectivity index is 1.73. The van der Waals surface area contributed by atoms with Gasteiger partial charge in [0.1, 0.15) is 0 Å². The number of thiazole rings is 1. The zero-order valence-corrected chi connectivity index (χ0v) is 14.2. The number of carbonyl (C=O) groups is 1. The van der Waals surface area contributed by atoms with Crippen LogP contribution in [0.2, 0.25) is 0 Å². The minimum atomic E-state index is 0.0444. The molecule has 0 aliphatic carbocycles. The van der Waals surface area contributed by atoms with E-state index in [4.69, 9.17) is 11.6 Å². The van der Waals surface area contributed by atoms with Gasteiger partial charge in [-0.2, -0.15) is 0 Å². The van der Waals surface area contributed by atoms with E-state index in [2.05, 4.69) is 20.3 Å². The minimum absolute atomic E-state index is 0.0444. The Morgan fingerprint density at radius 1 is 1.39 bits per heavy atom. The fourth-order valence-electron chi connectivity index (χ4n) is 2.72. The van der Waals surface area contributed by atoms with Gasteiger partial charge in [0.15, 0.2) is 5.13 Å². The van der Waals surface area contributed by atoms with Crippen LogP contribution in [0.25, 0.3) is 0 Å². The molecule has 1 aliphatic rings. The van der Waals surface area contributed by atoms with E-state index in [0.717, 1.165) is 36.6 Å². The lowest BCUT2D eigenvalue weighted by atomic mass is 9.99. The van der Waals surface area contributed by atoms with Crippen LogP contribution in [0.1, 0.15) is 37.4 Å². The largest absolute Gasteiger partial charge is 0.334 e. The van der Waals surface area contributed by atoms with Gasteiger partial charge in [-0.3, -0.25) is 4.79 Å². The molecule has 3 heterocycles. The number of rotatable bonds is 5. The number of aromatic nitrogens is 3.